The van der Waals surface area contributed by atoms with Gasteiger partial charge in [-0.15, -0.1) is 0 Å². The van der Waals surface area contributed by atoms with E-state index >= 15 is 0 Å². The third-order valence-electron chi connectivity index (χ3n) is 2.37. The molecule has 0 atom stereocenters. The van der Waals surface area contributed by atoms with Gasteiger partial charge < -0.3 is 10.4 Å². The van der Waals surface area contributed by atoms with Gasteiger partial charge in [0.2, 0.25) is 5.13 Å². The zero-order chi connectivity index (χ0) is 13.1. The molecule has 96 valence electrons. The number of nitrogens with one attached hydrogen (secondary N) is 1. The first-order chi connectivity index (χ1) is 7.80. The fourth-order valence-electron chi connectivity index (χ4n) is 1.29. The van der Waals surface area contributed by atoms with Crippen LogP contribution in [0.2, 0.25) is 0 Å². The fourth-order valence-corrected chi connectivity index (χ4v) is 2.18. The summed E-state index contributed by atoms with van der Waals surface area (Å²) >= 11 is 1.32. The maximum atomic E-state index is 10.5. The number of aliphatic carboxylic acids is 1. The van der Waals surface area contributed by atoms with Crippen molar-refractivity contribution in [2.45, 2.75) is 52.0 Å². The molecule has 0 unspecified atom stereocenters. The molecule has 0 radical (unpaired) electrons. The number of hydrogen-bond acceptors (Lipinski definition) is 5. The van der Waals surface area contributed by atoms with Crippen LogP contribution in [0.15, 0.2) is 0 Å². The van der Waals surface area contributed by atoms with Gasteiger partial charge in [-0.1, -0.05) is 13.8 Å². The molecule has 0 bridgehead atoms. The summed E-state index contributed by atoms with van der Waals surface area (Å²) in [7, 11) is 0. The molecule has 1 aromatic heterocycles. The molecule has 2 N–H and O–H groups in total. The minimum atomic E-state index is -0.778. The van der Waals surface area contributed by atoms with E-state index in [0.717, 1.165) is 11.0 Å². The van der Waals surface area contributed by atoms with Crippen molar-refractivity contribution in [3.63, 3.8) is 0 Å². The molecule has 1 aromatic rings. The Morgan fingerprint density at radius 2 is 2.18 bits per heavy atom. The zero-order valence-electron chi connectivity index (χ0n) is 10.6. The molecule has 0 saturated carbocycles. The van der Waals surface area contributed by atoms with E-state index in [-0.39, 0.29) is 12.0 Å². The Kier molecular flexibility index (Phi) is 4.45. The van der Waals surface area contributed by atoms with Crippen molar-refractivity contribution >= 4 is 22.6 Å². The van der Waals surface area contributed by atoms with Gasteiger partial charge in [-0.3, -0.25) is 4.79 Å². The summed E-state index contributed by atoms with van der Waals surface area (Å²) in [6.45, 7) is 8.02. The summed E-state index contributed by atoms with van der Waals surface area (Å²) in [5.41, 5.74) is -0.286. The lowest BCUT2D eigenvalue weighted by Gasteiger charge is -2.24. The lowest BCUT2D eigenvalue weighted by molar-refractivity contribution is -0.137. The topological polar surface area (TPSA) is 75.1 Å². The molecule has 0 aliphatic carbocycles. The average Bonchev–Trinajstić information content (AvgIpc) is 2.63. The minimum Gasteiger partial charge on any atom is -0.481 e. The lowest BCUT2D eigenvalue weighted by Crippen LogP contribution is -2.31. The highest BCUT2D eigenvalue weighted by molar-refractivity contribution is 7.09. The molecule has 0 amide bonds. The Labute approximate surface area is 105 Å². The molecular weight excluding hydrogens is 238 g/mol. The molecule has 0 aromatic carbocycles. The Morgan fingerprint density at radius 3 is 2.65 bits per heavy atom. The van der Waals surface area contributed by atoms with E-state index in [4.69, 9.17) is 5.11 Å². The third-order valence-corrected chi connectivity index (χ3v) is 3.01. The van der Waals surface area contributed by atoms with Crippen molar-refractivity contribution in [1.29, 1.82) is 0 Å². The van der Waals surface area contributed by atoms with E-state index in [2.05, 4.69) is 14.7 Å². The number of nitrogens with zero attached hydrogens (tertiary/aromatic N) is 2. The summed E-state index contributed by atoms with van der Waals surface area (Å²) in [6.07, 6.45) is 0.703. The smallest absolute Gasteiger partial charge is 0.303 e. The van der Waals surface area contributed by atoms with Crippen LogP contribution in [0.5, 0.6) is 0 Å². The largest absolute Gasteiger partial charge is 0.481 e. The predicted octanol–water partition coefficient (Wildman–Crippen LogP) is 2.72. The van der Waals surface area contributed by atoms with Crippen molar-refractivity contribution in [3.05, 3.63) is 5.82 Å². The van der Waals surface area contributed by atoms with Crippen LogP contribution in [-0.4, -0.2) is 26.0 Å². The highest BCUT2D eigenvalue weighted by atomic mass is 32.1. The highest BCUT2D eigenvalue weighted by Gasteiger charge is 2.21. The van der Waals surface area contributed by atoms with Gasteiger partial charge in [0.1, 0.15) is 5.82 Å². The van der Waals surface area contributed by atoms with Crippen LogP contribution < -0.4 is 5.32 Å². The number of rotatable bonds is 6. The van der Waals surface area contributed by atoms with Gasteiger partial charge in [0.15, 0.2) is 0 Å². The van der Waals surface area contributed by atoms with Gasteiger partial charge in [0, 0.05) is 29.4 Å². The lowest BCUT2D eigenvalue weighted by atomic mass is 9.99. The molecule has 0 spiro atoms. The first-order valence-electron chi connectivity index (χ1n) is 5.64. The summed E-state index contributed by atoms with van der Waals surface area (Å²) in [5.74, 6) is 0.357. The van der Waals surface area contributed by atoms with Crippen LogP contribution >= 0.6 is 11.5 Å². The second-order valence-electron chi connectivity index (χ2n) is 5.02. The van der Waals surface area contributed by atoms with E-state index < -0.39 is 5.97 Å². The van der Waals surface area contributed by atoms with Gasteiger partial charge in [-0.05, 0) is 20.3 Å². The Bertz CT molecular complexity index is 388. The van der Waals surface area contributed by atoms with Crippen molar-refractivity contribution < 1.29 is 9.90 Å². The van der Waals surface area contributed by atoms with Crippen molar-refractivity contribution in [1.82, 2.24) is 9.36 Å². The van der Waals surface area contributed by atoms with Crippen molar-refractivity contribution in [3.8, 4) is 0 Å². The van der Waals surface area contributed by atoms with Gasteiger partial charge >= 0.3 is 5.97 Å². The summed E-state index contributed by atoms with van der Waals surface area (Å²) in [4.78, 5) is 14.9. The second kappa shape index (κ2) is 5.44. The molecule has 6 heteroatoms. The number of anilines is 1. The Morgan fingerprint density at radius 1 is 1.53 bits per heavy atom. The van der Waals surface area contributed by atoms with Crippen LogP contribution in [-0.2, 0) is 4.79 Å². The van der Waals surface area contributed by atoms with Crippen LogP contribution in [0.4, 0.5) is 5.13 Å². The van der Waals surface area contributed by atoms with E-state index in [0.29, 0.717) is 12.3 Å². The molecular formula is C11H19N3O2S. The van der Waals surface area contributed by atoms with Crippen LogP contribution in [0.1, 0.15) is 52.3 Å². The first kappa shape index (κ1) is 13.9. The van der Waals surface area contributed by atoms with Crippen LogP contribution in [0, 0.1) is 0 Å². The summed E-state index contributed by atoms with van der Waals surface area (Å²) < 4.78 is 4.25. The quantitative estimate of drug-likeness (QED) is 0.819. The summed E-state index contributed by atoms with van der Waals surface area (Å²) in [6, 6.07) is 0. The first-order valence-corrected chi connectivity index (χ1v) is 6.41. The van der Waals surface area contributed by atoms with Crippen LogP contribution in [0.3, 0.4) is 0 Å². The maximum Gasteiger partial charge on any atom is 0.303 e. The number of carboxylic acid groups (broad SMARTS) is 1. The van der Waals surface area contributed by atoms with E-state index in [9.17, 15) is 4.79 Å². The molecule has 17 heavy (non-hydrogen) atoms. The monoisotopic (exact) mass is 257 g/mol. The molecule has 1 heterocycles. The molecule has 0 saturated heterocycles. The van der Waals surface area contributed by atoms with E-state index in [1.54, 1.807) is 0 Å². The van der Waals surface area contributed by atoms with Gasteiger partial charge in [0.05, 0.1) is 0 Å². The SMILES string of the molecule is CC(C)c1nsc(NC(C)(C)CCC(=O)O)n1. The number of aromatic nitrogens is 2. The second-order valence-corrected chi connectivity index (χ2v) is 5.77. The van der Waals surface area contributed by atoms with E-state index in [1.807, 2.05) is 27.7 Å². The minimum absolute atomic E-state index is 0.149. The maximum absolute atomic E-state index is 10.5. The molecule has 0 aliphatic heterocycles. The average molecular weight is 257 g/mol. The number of hydrogen-bond donors (Lipinski definition) is 2. The van der Waals surface area contributed by atoms with Crippen LogP contribution in [0.25, 0.3) is 0 Å². The normalized spacial score (nSPS) is 11.8. The van der Waals surface area contributed by atoms with Crippen molar-refractivity contribution in [2.24, 2.45) is 0 Å². The number of carbonyl (C=O) groups is 1. The Balaban J connectivity index is 2.59. The van der Waals surface area contributed by atoms with Crippen molar-refractivity contribution in [2.75, 3.05) is 5.32 Å². The standard InChI is InChI=1S/C11H19N3O2S/c1-7(2)9-12-10(17-14-9)13-11(3,4)6-5-8(15)16/h7H,5-6H2,1-4H3,(H,15,16)(H,12,13,14). The van der Waals surface area contributed by atoms with Gasteiger partial charge in [0.25, 0.3) is 0 Å². The number of carboxylic acids is 1. The molecule has 0 fully saturated rings. The molecule has 0 aliphatic rings. The van der Waals surface area contributed by atoms with Gasteiger partial charge in [-0.25, -0.2) is 4.98 Å². The summed E-state index contributed by atoms with van der Waals surface area (Å²) in [5, 5.41) is 12.7. The predicted molar refractivity (Wildman–Crippen MR) is 68.6 cm³/mol. The van der Waals surface area contributed by atoms with E-state index in [1.165, 1.54) is 11.5 Å². The Hall–Kier alpha value is -1.17. The third kappa shape index (κ3) is 4.68. The highest BCUT2D eigenvalue weighted by Crippen LogP contribution is 2.23. The zero-order valence-corrected chi connectivity index (χ0v) is 11.5. The van der Waals surface area contributed by atoms with Gasteiger partial charge in [-0.2, -0.15) is 4.37 Å². The fraction of sp³-hybridized carbons (Fsp3) is 0.727. The molecule has 1 rings (SSSR count). The molecule has 5 nitrogen and oxygen atoms in total.